The summed E-state index contributed by atoms with van der Waals surface area (Å²) in [6, 6.07) is 8.10. The van der Waals surface area contributed by atoms with Gasteiger partial charge in [-0.1, -0.05) is 57.9 Å². The van der Waals surface area contributed by atoms with Gasteiger partial charge in [-0.3, -0.25) is 4.79 Å². The number of unbranched alkanes of at least 4 members (excludes halogenated alkanes) is 1. The monoisotopic (exact) mass is 354 g/mol. The average molecular weight is 354 g/mol. The van der Waals surface area contributed by atoms with Gasteiger partial charge in [0.05, 0.1) is 6.61 Å². The van der Waals surface area contributed by atoms with E-state index >= 15 is 0 Å². The molecule has 0 bridgehead atoms. The lowest BCUT2D eigenvalue weighted by Gasteiger charge is -2.09. The van der Waals surface area contributed by atoms with Gasteiger partial charge in [0.1, 0.15) is 0 Å². The van der Waals surface area contributed by atoms with E-state index in [9.17, 15) is 4.79 Å². The number of hydrogen-bond acceptors (Lipinski definition) is 4. The molecule has 0 N–H and O–H groups in total. The highest BCUT2D eigenvalue weighted by atomic mass is 16.5. The highest BCUT2D eigenvalue weighted by Crippen LogP contribution is 2.17. The number of carbonyl (C=O) groups excluding carboxylic acids is 1. The first-order chi connectivity index (χ1) is 12.6. The fourth-order valence-electron chi connectivity index (χ4n) is 2.51. The van der Waals surface area contributed by atoms with E-state index in [1.807, 2.05) is 36.7 Å². The van der Waals surface area contributed by atoms with Gasteiger partial charge in [0.25, 0.3) is 0 Å². The second kappa shape index (κ2) is 10.7. The molecule has 2 rings (SSSR count). The molecule has 4 nitrogen and oxygen atoms in total. The number of ether oxygens (including phenoxy) is 1. The summed E-state index contributed by atoms with van der Waals surface area (Å²) in [5.41, 5.74) is 3.30. The third kappa shape index (κ3) is 6.58. The van der Waals surface area contributed by atoms with E-state index in [2.05, 4.69) is 30.7 Å². The van der Waals surface area contributed by atoms with Crippen LogP contribution in [0.25, 0.3) is 11.4 Å². The normalized spacial score (nSPS) is 12.0. The van der Waals surface area contributed by atoms with E-state index < -0.39 is 0 Å². The van der Waals surface area contributed by atoms with Gasteiger partial charge in [-0.15, -0.1) is 0 Å². The van der Waals surface area contributed by atoms with Crippen molar-refractivity contribution in [2.75, 3.05) is 6.61 Å². The molecular weight excluding hydrogens is 324 g/mol. The second-order valence-corrected chi connectivity index (χ2v) is 6.91. The molecule has 26 heavy (non-hydrogen) atoms. The Bertz CT molecular complexity index is 666. The van der Waals surface area contributed by atoms with Crippen LogP contribution < -0.4 is 0 Å². The molecule has 0 amide bonds. The van der Waals surface area contributed by atoms with Crippen molar-refractivity contribution < 1.29 is 9.53 Å². The van der Waals surface area contributed by atoms with E-state index in [1.165, 1.54) is 12.0 Å². The SMILES string of the molecule is CCCCc1cnc(-c2ccc(CCC(=O)OCC(C)CC)cc2)nc1. The average Bonchev–Trinajstić information content (AvgIpc) is 2.69. The Hall–Kier alpha value is -2.23. The van der Waals surface area contributed by atoms with Crippen LogP contribution in [0.5, 0.6) is 0 Å². The first kappa shape index (κ1) is 20.1. The third-order valence-corrected chi connectivity index (χ3v) is 4.58. The van der Waals surface area contributed by atoms with E-state index in [0.717, 1.165) is 36.2 Å². The van der Waals surface area contributed by atoms with Crippen LogP contribution in [-0.2, 0) is 22.4 Å². The van der Waals surface area contributed by atoms with Gasteiger partial charge >= 0.3 is 5.97 Å². The zero-order chi connectivity index (χ0) is 18.8. The molecule has 2 aromatic rings. The van der Waals surface area contributed by atoms with Crippen LogP contribution in [-0.4, -0.2) is 22.5 Å². The number of benzene rings is 1. The molecule has 4 heteroatoms. The summed E-state index contributed by atoms with van der Waals surface area (Å²) in [6.45, 7) is 6.88. The van der Waals surface area contributed by atoms with E-state index in [0.29, 0.717) is 25.4 Å². The Morgan fingerprint density at radius 1 is 1.04 bits per heavy atom. The smallest absolute Gasteiger partial charge is 0.306 e. The highest BCUT2D eigenvalue weighted by molar-refractivity contribution is 5.69. The largest absolute Gasteiger partial charge is 0.465 e. The number of aromatic nitrogens is 2. The van der Waals surface area contributed by atoms with Crippen molar-refractivity contribution in [2.45, 2.75) is 59.3 Å². The molecule has 1 aromatic carbocycles. The molecule has 0 spiro atoms. The van der Waals surface area contributed by atoms with E-state index in [1.54, 1.807) is 0 Å². The summed E-state index contributed by atoms with van der Waals surface area (Å²) in [7, 11) is 0. The summed E-state index contributed by atoms with van der Waals surface area (Å²) in [5.74, 6) is 1.04. The van der Waals surface area contributed by atoms with Crippen LogP contribution >= 0.6 is 0 Å². The number of hydrogen-bond donors (Lipinski definition) is 0. The maximum atomic E-state index is 11.8. The quantitative estimate of drug-likeness (QED) is 0.563. The van der Waals surface area contributed by atoms with E-state index in [4.69, 9.17) is 4.74 Å². The molecule has 1 unspecified atom stereocenters. The van der Waals surface area contributed by atoms with Gasteiger partial charge in [-0.2, -0.15) is 0 Å². The van der Waals surface area contributed by atoms with Crippen molar-refractivity contribution in [3.05, 3.63) is 47.8 Å². The van der Waals surface area contributed by atoms with E-state index in [-0.39, 0.29) is 5.97 Å². The molecule has 0 saturated heterocycles. The molecular formula is C22H30N2O2. The summed E-state index contributed by atoms with van der Waals surface area (Å²) in [6.07, 6.45) is 9.33. The van der Waals surface area contributed by atoms with Crippen LogP contribution in [0.2, 0.25) is 0 Å². The van der Waals surface area contributed by atoms with Crippen molar-refractivity contribution in [3.63, 3.8) is 0 Å². The topological polar surface area (TPSA) is 52.1 Å². The van der Waals surface area contributed by atoms with Gasteiger partial charge in [-0.05, 0) is 36.3 Å². The minimum atomic E-state index is -0.125. The fraction of sp³-hybridized carbons (Fsp3) is 0.500. The van der Waals surface area contributed by atoms with Crippen LogP contribution in [0.1, 0.15) is 57.6 Å². The lowest BCUT2D eigenvalue weighted by molar-refractivity contribution is -0.144. The van der Waals surface area contributed by atoms with Gasteiger partial charge < -0.3 is 4.74 Å². The molecule has 0 fully saturated rings. The van der Waals surface area contributed by atoms with Crippen LogP contribution in [0, 0.1) is 5.92 Å². The first-order valence-corrected chi connectivity index (χ1v) is 9.68. The minimum absolute atomic E-state index is 0.125. The first-order valence-electron chi connectivity index (χ1n) is 9.68. The summed E-state index contributed by atoms with van der Waals surface area (Å²) in [4.78, 5) is 20.7. The van der Waals surface area contributed by atoms with Crippen molar-refractivity contribution in [1.82, 2.24) is 9.97 Å². The Labute approximate surface area is 157 Å². The zero-order valence-corrected chi connectivity index (χ0v) is 16.2. The molecule has 0 saturated carbocycles. The maximum Gasteiger partial charge on any atom is 0.306 e. The fourth-order valence-corrected chi connectivity index (χ4v) is 2.51. The lowest BCUT2D eigenvalue weighted by Crippen LogP contribution is -2.11. The Morgan fingerprint density at radius 2 is 1.73 bits per heavy atom. The van der Waals surface area contributed by atoms with Gasteiger partial charge in [-0.25, -0.2) is 9.97 Å². The molecule has 0 radical (unpaired) electrons. The molecule has 1 atom stereocenters. The van der Waals surface area contributed by atoms with Crippen LogP contribution in [0.4, 0.5) is 0 Å². The summed E-state index contributed by atoms with van der Waals surface area (Å²) < 4.78 is 5.29. The van der Waals surface area contributed by atoms with Crippen LogP contribution in [0.3, 0.4) is 0 Å². The standard InChI is InChI=1S/C22H30N2O2/c1-4-6-7-19-14-23-22(24-15-19)20-11-8-18(9-12-20)10-13-21(25)26-16-17(3)5-2/h8-9,11-12,14-15,17H,4-7,10,13,16H2,1-3H3. The highest BCUT2D eigenvalue weighted by Gasteiger charge is 2.07. The Balaban J connectivity index is 1.85. The molecule has 0 aliphatic carbocycles. The number of nitrogens with zero attached hydrogens (tertiary/aromatic N) is 2. The predicted molar refractivity (Wildman–Crippen MR) is 105 cm³/mol. The van der Waals surface area contributed by atoms with Crippen molar-refractivity contribution in [2.24, 2.45) is 5.92 Å². The number of rotatable bonds is 10. The summed E-state index contributed by atoms with van der Waals surface area (Å²) in [5, 5.41) is 0. The molecule has 1 heterocycles. The second-order valence-electron chi connectivity index (χ2n) is 6.91. The molecule has 140 valence electrons. The molecule has 0 aliphatic rings. The number of carbonyl (C=O) groups is 1. The maximum absolute atomic E-state index is 11.8. The van der Waals surface area contributed by atoms with Gasteiger partial charge in [0.15, 0.2) is 5.82 Å². The van der Waals surface area contributed by atoms with Gasteiger partial charge in [0, 0.05) is 24.4 Å². The minimum Gasteiger partial charge on any atom is -0.465 e. The summed E-state index contributed by atoms with van der Waals surface area (Å²) >= 11 is 0. The van der Waals surface area contributed by atoms with Crippen LogP contribution in [0.15, 0.2) is 36.7 Å². The van der Waals surface area contributed by atoms with Gasteiger partial charge in [0.2, 0.25) is 0 Å². The number of esters is 1. The van der Waals surface area contributed by atoms with Crippen molar-refractivity contribution in [1.29, 1.82) is 0 Å². The molecule has 0 aliphatic heterocycles. The lowest BCUT2D eigenvalue weighted by atomic mass is 10.1. The zero-order valence-electron chi connectivity index (χ0n) is 16.2. The van der Waals surface area contributed by atoms with Crippen molar-refractivity contribution >= 4 is 5.97 Å². The Kier molecular flexibility index (Phi) is 8.26. The number of aryl methyl sites for hydroxylation is 2. The Morgan fingerprint density at radius 3 is 2.35 bits per heavy atom. The van der Waals surface area contributed by atoms with Crippen molar-refractivity contribution in [3.8, 4) is 11.4 Å². The molecule has 1 aromatic heterocycles. The predicted octanol–water partition coefficient (Wildman–Crippen LogP) is 5.01. The third-order valence-electron chi connectivity index (χ3n) is 4.58.